The number of ether oxygens (including phenoxy) is 2. The fourth-order valence-electron chi connectivity index (χ4n) is 7.33. The largest absolute Gasteiger partial charge is 0.494 e. The Morgan fingerprint density at radius 2 is 1.78 bits per heavy atom. The van der Waals surface area contributed by atoms with Gasteiger partial charge in [0.25, 0.3) is 11.8 Å². The molecule has 5 aliphatic rings. The molecule has 7 rings (SSSR count). The standard InChI is InChI=1S/C37H46N6O9S2/c44-31-30-19-25-21-43(30)34(46)28(13-6-3-1-2-5-11-24-20-37(24,41-31)35(47)42-54(49,50)27-14-15-27)40-36(48)52-17-8-4-7-16-51-26-12-9-10-23(18-26)29-22-53-33(39-29)32(45)38-25/h5,9-12,18,22,24-25,27-28,30H,1-4,6-8,13-17,19-21H2,(H,38,45)(H,40,48)(H,41,44)(H,42,47)/b11-5-/t24-,25-,28+,30+,37?/m1/s1. The number of allylic oxidation sites excluding steroid dienone is 1. The number of cyclic esters (lactones) is 1. The third kappa shape index (κ3) is 8.72. The molecule has 2 aliphatic carbocycles. The Labute approximate surface area is 318 Å². The first-order valence-corrected chi connectivity index (χ1v) is 21.2. The number of rotatable bonds is 3. The zero-order valence-electron chi connectivity index (χ0n) is 29.9. The monoisotopic (exact) mass is 782 g/mol. The molecule has 17 heteroatoms. The highest BCUT2D eigenvalue weighted by Gasteiger charge is 2.62. The van der Waals surface area contributed by atoms with Crippen molar-refractivity contribution in [3.05, 3.63) is 46.8 Å². The van der Waals surface area contributed by atoms with E-state index < -0.39 is 74.6 Å². The van der Waals surface area contributed by atoms with Crippen LogP contribution in [0.2, 0.25) is 0 Å². The maximum absolute atomic E-state index is 14.4. The van der Waals surface area contributed by atoms with E-state index in [-0.39, 0.29) is 31.0 Å². The number of nitrogens with one attached hydrogen (secondary N) is 4. The van der Waals surface area contributed by atoms with Crippen molar-refractivity contribution in [1.82, 2.24) is 30.6 Å². The molecule has 4 heterocycles. The number of carbonyl (C=O) groups excluding carboxylic acids is 5. The van der Waals surface area contributed by atoms with E-state index >= 15 is 0 Å². The molecule has 290 valence electrons. The number of thiazole rings is 1. The van der Waals surface area contributed by atoms with Gasteiger partial charge in [-0.2, -0.15) is 0 Å². The van der Waals surface area contributed by atoms with Gasteiger partial charge in [-0.25, -0.2) is 18.2 Å². The van der Waals surface area contributed by atoms with Crippen molar-refractivity contribution < 1.29 is 41.9 Å². The van der Waals surface area contributed by atoms with E-state index in [0.29, 0.717) is 56.6 Å². The van der Waals surface area contributed by atoms with Crippen molar-refractivity contribution >= 4 is 51.1 Å². The summed E-state index contributed by atoms with van der Waals surface area (Å²) in [7, 11) is -3.90. The van der Waals surface area contributed by atoms with E-state index in [1.807, 2.05) is 36.4 Å². The number of alkyl carbamates (subject to hydrolysis) is 1. The highest BCUT2D eigenvalue weighted by molar-refractivity contribution is 7.91. The minimum absolute atomic E-state index is 0.0106. The van der Waals surface area contributed by atoms with E-state index in [9.17, 15) is 32.4 Å². The smallest absolute Gasteiger partial charge is 0.407 e. The van der Waals surface area contributed by atoms with Gasteiger partial charge in [0.2, 0.25) is 21.8 Å². The molecule has 1 unspecified atom stereocenters. The lowest BCUT2D eigenvalue weighted by Crippen LogP contribution is -2.58. The van der Waals surface area contributed by atoms with Gasteiger partial charge in [-0.1, -0.05) is 37.1 Å². The third-order valence-electron chi connectivity index (χ3n) is 10.6. The van der Waals surface area contributed by atoms with Crippen LogP contribution in [0.5, 0.6) is 5.75 Å². The van der Waals surface area contributed by atoms with Crippen molar-refractivity contribution in [1.29, 1.82) is 0 Å². The Balaban J connectivity index is 1.17. The molecule has 0 radical (unpaired) electrons. The second kappa shape index (κ2) is 16.1. The van der Waals surface area contributed by atoms with Crippen LogP contribution in [0.1, 0.15) is 86.9 Å². The lowest BCUT2D eigenvalue weighted by Gasteiger charge is -2.30. The highest BCUT2D eigenvalue weighted by atomic mass is 32.2. The molecule has 15 nitrogen and oxygen atoms in total. The molecule has 3 fully saturated rings. The van der Waals surface area contributed by atoms with Crippen LogP contribution in [0.4, 0.5) is 4.79 Å². The first kappa shape index (κ1) is 37.8. The van der Waals surface area contributed by atoms with E-state index in [1.165, 1.54) is 4.90 Å². The van der Waals surface area contributed by atoms with Gasteiger partial charge in [-0.3, -0.25) is 23.9 Å². The van der Waals surface area contributed by atoms with E-state index in [1.54, 1.807) is 5.38 Å². The lowest BCUT2D eigenvalue weighted by atomic mass is 10.0. The minimum Gasteiger partial charge on any atom is -0.494 e. The molecule has 0 spiro atoms. The number of carbonyl (C=O) groups is 5. The summed E-state index contributed by atoms with van der Waals surface area (Å²) in [5.74, 6) is -2.24. The highest BCUT2D eigenvalue weighted by Crippen LogP contribution is 2.46. The van der Waals surface area contributed by atoms with Crippen LogP contribution >= 0.6 is 11.3 Å². The fraction of sp³-hybridized carbons (Fsp3) is 0.568. The summed E-state index contributed by atoms with van der Waals surface area (Å²) in [5.41, 5.74) is -0.142. The van der Waals surface area contributed by atoms with Crippen LogP contribution in [0.15, 0.2) is 41.8 Å². The molecule has 2 saturated carbocycles. The number of benzene rings is 1. The van der Waals surface area contributed by atoms with Gasteiger partial charge in [-0.15, -0.1) is 11.3 Å². The van der Waals surface area contributed by atoms with Crippen molar-refractivity contribution in [3.63, 3.8) is 0 Å². The molecule has 1 aromatic carbocycles. The van der Waals surface area contributed by atoms with Crippen molar-refractivity contribution in [3.8, 4) is 17.0 Å². The predicted octanol–water partition coefficient (Wildman–Crippen LogP) is 3.17. The zero-order valence-corrected chi connectivity index (χ0v) is 31.6. The van der Waals surface area contributed by atoms with Crippen LogP contribution in [0, 0.1) is 5.92 Å². The summed E-state index contributed by atoms with van der Waals surface area (Å²) in [5, 5.41) is 9.84. The Kier molecular flexibility index (Phi) is 11.2. The van der Waals surface area contributed by atoms with Crippen LogP contribution in [0.25, 0.3) is 11.3 Å². The molecular formula is C37H46N6O9S2. The number of fused-ring (bicyclic) bond motifs is 8. The predicted molar refractivity (Wildman–Crippen MR) is 198 cm³/mol. The van der Waals surface area contributed by atoms with Crippen LogP contribution in [-0.2, 0) is 29.1 Å². The summed E-state index contributed by atoms with van der Waals surface area (Å²) in [6.07, 6.45) is 9.35. The Morgan fingerprint density at radius 1 is 0.981 bits per heavy atom. The molecular weight excluding hydrogens is 737 g/mol. The number of amides is 5. The molecule has 7 bridgehead atoms. The third-order valence-corrected chi connectivity index (χ3v) is 13.3. The molecule has 5 atom stereocenters. The van der Waals surface area contributed by atoms with Crippen LogP contribution in [-0.4, -0.2) is 96.7 Å². The van der Waals surface area contributed by atoms with Gasteiger partial charge in [0.1, 0.15) is 23.4 Å². The summed E-state index contributed by atoms with van der Waals surface area (Å²) in [6.45, 7) is 0.558. The Bertz CT molecular complexity index is 1910. The fourth-order valence-corrected chi connectivity index (χ4v) is 9.42. The maximum Gasteiger partial charge on any atom is 0.407 e. The average Bonchev–Trinajstić information content (AvgIpc) is 4.02. The van der Waals surface area contributed by atoms with E-state index in [4.69, 9.17) is 9.47 Å². The van der Waals surface area contributed by atoms with Gasteiger partial charge in [0, 0.05) is 29.4 Å². The molecule has 5 amide bonds. The van der Waals surface area contributed by atoms with E-state index in [0.717, 1.165) is 42.6 Å². The van der Waals surface area contributed by atoms with Crippen molar-refractivity contribution in [2.24, 2.45) is 5.92 Å². The summed E-state index contributed by atoms with van der Waals surface area (Å²) in [6, 6.07) is 4.60. The normalized spacial score (nSPS) is 29.2. The first-order chi connectivity index (χ1) is 26.0. The summed E-state index contributed by atoms with van der Waals surface area (Å²) in [4.78, 5) is 74.8. The van der Waals surface area contributed by atoms with Crippen molar-refractivity contribution in [2.45, 2.75) is 106 Å². The number of aromatic nitrogens is 1. The Morgan fingerprint density at radius 3 is 2.59 bits per heavy atom. The average molecular weight is 783 g/mol. The molecule has 1 aromatic heterocycles. The van der Waals surface area contributed by atoms with Crippen LogP contribution < -0.4 is 25.4 Å². The number of sulfonamides is 1. The zero-order chi connectivity index (χ0) is 37.9. The number of hydrogen-bond acceptors (Lipinski definition) is 11. The van der Waals surface area contributed by atoms with Gasteiger partial charge in [0.15, 0.2) is 5.01 Å². The van der Waals surface area contributed by atoms with E-state index in [2.05, 4.69) is 25.7 Å². The Hall–Kier alpha value is -4.51. The second-order valence-electron chi connectivity index (χ2n) is 14.7. The maximum atomic E-state index is 14.4. The molecule has 54 heavy (non-hydrogen) atoms. The molecule has 3 aliphatic heterocycles. The lowest BCUT2D eigenvalue weighted by molar-refractivity contribution is -0.141. The van der Waals surface area contributed by atoms with Gasteiger partial charge < -0.3 is 30.3 Å². The topological polar surface area (TPSA) is 202 Å². The quantitative estimate of drug-likeness (QED) is 0.335. The molecule has 2 aromatic rings. The summed E-state index contributed by atoms with van der Waals surface area (Å²) < 4.78 is 39.2. The SMILES string of the molecule is O=C1N[C@H]2CCCCC/C=C\[C@@H]3CC3(C(=O)NS(=O)(=O)C3CC3)NC(=O)[C@@H]3C[C@H](CN3C2=O)NC(=O)c2nc(cs2)-c2cccc(c2)OCCCCCO1. The van der Waals surface area contributed by atoms with Gasteiger partial charge >= 0.3 is 6.09 Å². The molecule has 1 saturated heterocycles. The first-order valence-electron chi connectivity index (χ1n) is 18.8. The van der Waals surface area contributed by atoms with Gasteiger partial charge in [0.05, 0.1) is 24.2 Å². The number of hydrogen-bond donors (Lipinski definition) is 4. The van der Waals surface area contributed by atoms with Gasteiger partial charge in [-0.05, 0) is 76.3 Å². The van der Waals surface area contributed by atoms with Crippen LogP contribution in [0.3, 0.4) is 0 Å². The molecule has 4 N–H and O–H groups in total. The second-order valence-corrected chi connectivity index (χ2v) is 17.6. The van der Waals surface area contributed by atoms with Crippen molar-refractivity contribution in [2.75, 3.05) is 19.8 Å². The summed E-state index contributed by atoms with van der Waals surface area (Å²) >= 11 is 1.16. The number of nitrogens with zero attached hydrogens (tertiary/aromatic N) is 2. The minimum atomic E-state index is -3.90.